The quantitative estimate of drug-likeness (QED) is 0.603. The highest BCUT2D eigenvalue weighted by Crippen LogP contribution is 1.95. The average molecular weight is 172 g/mol. The van der Waals surface area contributed by atoms with Crippen molar-refractivity contribution in [2.45, 2.75) is 26.2 Å². The van der Waals surface area contributed by atoms with Crippen LogP contribution in [0.5, 0.6) is 0 Å². The fourth-order valence-electron chi connectivity index (χ4n) is 1.07. The van der Waals surface area contributed by atoms with Crippen LogP contribution in [0.15, 0.2) is 0 Å². The number of carbonyl (C=O) groups is 1. The first-order valence-corrected chi connectivity index (χ1v) is 4.61. The number of hydrogen-bond acceptors (Lipinski definition) is 2. The van der Waals surface area contributed by atoms with Gasteiger partial charge in [-0.25, -0.2) is 0 Å². The summed E-state index contributed by atoms with van der Waals surface area (Å²) in [6, 6.07) is 0. The molecule has 72 valence electrons. The van der Waals surface area contributed by atoms with Crippen LogP contribution in [0.25, 0.3) is 0 Å². The van der Waals surface area contributed by atoms with E-state index in [2.05, 4.69) is 12.2 Å². The maximum atomic E-state index is 11.3. The smallest absolute Gasteiger partial charge is 0.222 e. The highest BCUT2D eigenvalue weighted by Gasteiger charge is 2.05. The minimum absolute atomic E-state index is 0.257. The van der Waals surface area contributed by atoms with Gasteiger partial charge in [0.05, 0.1) is 0 Å². The second-order valence-electron chi connectivity index (χ2n) is 3.02. The van der Waals surface area contributed by atoms with Gasteiger partial charge in [-0.05, 0) is 26.4 Å². The number of rotatable bonds is 6. The molecule has 0 unspecified atom stereocenters. The van der Waals surface area contributed by atoms with Gasteiger partial charge in [0.25, 0.3) is 0 Å². The summed E-state index contributed by atoms with van der Waals surface area (Å²) >= 11 is 0. The summed E-state index contributed by atoms with van der Waals surface area (Å²) in [6.07, 6.45) is 2.63. The molecule has 12 heavy (non-hydrogen) atoms. The van der Waals surface area contributed by atoms with Gasteiger partial charge in [-0.1, -0.05) is 6.92 Å². The number of amides is 1. The van der Waals surface area contributed by atoms with Crippen molar-refractivity contribution in [3.8, 4) is 0 Å². The van der Waals surface area contributed by atoms with Gasteiger partial charge in [-0.3, -0.25) is 4.79 Å². The van der Waals surface area contributed by atoms with Gasteiger partial charge in [0.15, 0.2) is 0 Å². The Balaban J connectivity index is 3.43. The Morgan fingerprint density at radius 1 is 1.50 bits per heavy atom. The van der Waals surface area contributed by atoms with Crippen molar-refractivity contribution < 1.29 is 4.79 Å². The van der Waals surface area contributed by atoms with E-state index in [1.165, 1.54) is 0 Å². The topological polar surface area (TPSA) is 32.3 Å². The molecule has 0 radical (unpaired) electrons. The van der Waals surface area contributed by atoms with Gasteiger partial charge in [0.1, 0.15) is 0 Å². The first-order valence-electron chi connectivity index (χ1n) is 4.61. The van der Waals surface area contributed by atoms with Crippen LogP contribution < -0.4 is 5.32 Å². The number of nitrogens with zero attached hydrogens (tertiary/aromatic N) is 1. The van der Waals surface area contributed by atoms with Crippen LogP contribution in [0.3, 0.4) is 0 Å². The number of hydrogen-bond donors (Lipinski definition) is 1. The predicted molar refractivity (Wildman–Crippen MR) is 51.1 cm³/mol. The van der Waals surface area contributed by atoms with Gasteiger partial charge in [0, 0.05) is 20.0 Å². The van der Waals surface area contributed by atoms with Crippen LogP contribution in [0.1, 0.15) is 26.2 Å². The van der Waals surface area contributed by atoms with E-state index in [0.717, 1.165) is 25.9 Å². The van der Waals surface area contributed by atoms with E-state index >= 15 is 0 Å². The van der Waals surface area contributed by atoms with Crippen LogP contribution >= 0.6 is 0 Å². The standard InChI is InChI=1S/C9H20N2O/c1-4-8-11(3)9(12)6-5-7-10-2/h10H,4-8H2,1-3H3. The Morgan fingerprint density at radius 3 is 2.67 bits per heavy atom. The zero-order chi connectivity index (χ0) is 9.40. The first kappa shape index (κ1) is 11.4. The number of carbonyl (C=O) groups excluding carboxylic acids is 1. The lowest BCUT2D eigenvalue weighted by atomic mass is 10.2. The van der Waals surface area contributed by atoms with Crippen molar-refractivity contribution in [2.24, 2.45) is 0 Å². The van der Waals surface area contributed by atoms with Crippen molar-refractivity contribution >= 4 is 5.91 Å². The summed E-state index contributed by atoms with van der Waals surface area (Å²) in [7, 11) is 3.77. The third-order valence-corrected chi connectivity index (χ3v) is 1.80. The highest BCUT2D eigenvalue weighted by molar-refractivity contribution is 5.75. The second kappa shape index (κ2) is 7.10. The third-order valence-electron chi connectivity index (χ3n) is 1.80. The summed E-state index contributed by atoms with van der Waals surface area (Å²) in [6.45, 7) is 3.88. The van der Waals surface area contributed by atoms with E-state index in [9.17, 15) is 4.79 Å². The van der Waals surface area contributed by atoms with Crippen LogP contribution in [-0.4, -0.2) is 38.0 Å². The molecule has 0 heterocycles. The molecule has 0 saturated heterocycles. The Morgan fingerprint density at radius 2 is 2.17 bits per heavy atom. The Labute approximate surface area is 75.1 Å². The van der Waals surface area contributed by atoms with Crippen LogP contribution in [-0.2, 0) is 4.79 Å². The summed E-state index contributed by atoms with van der Waals surface area (Å²) in [5.41, 5.74) is 0. The molecule has 0 aliphatic rings. The zero-order valence-corrected chi connectivity index (χ0v) is 8.39. The molecule has 0 aromatic carbocycles. The Bertz CT molecular complexity index is 126. The fourth-order valence-corrected chi connectivity index (χ4v) is 1.07. The van der Waals surface area contributed by atoms with Gasteiger partial charge in [-0.2, -0.15) is 0 Å². The maximum Gasteiger partial charge on any atom is 0.222 e. The molecule has 0 bridgehead atoms. The van der Waals surface area contributed by atoms with Crippen molar-refractivity contribution in [1.29, 1.82) is 0 Å². The van der Waals surface area contributed by atoms with Gasteiger partial charge >= 0.3 is 0 Å². The van der Waals surface area contributed by atoms with E-state index in [1.54, 1.807) is 4.90 Å². The van der Waals surface area contributed by atoms with Crippen molar-refractivity contribution in [1.82, 2.24) is 10.2 Å². The van der Waals surface area contributed by atoms with Crippen molar-refractivity contribution in [2.75, 3.05) is 27.2 Å². The Kier molecular flexibility index (Phi) is 6.76. The Hall–Kier alpha value is -0.570. The lowest BCUT2D eigenvalue weighted by Gasteiger charge is -2.15. The van der Waals surface area contributed by atoms with Crippen LogP contribution in [0, 0.1) is 0 Å². The zero-order valence-electron chi connectivity index (χ0n) is 8.39. The molecule has 0 aliphatic carbocycles. The SMILES string of the molecule is CCCN(C)C(=O)CCCNC. The van der Waals surface area contributed by atoms with E-state index < -0.39 is 0 Å². The monoisotopic (exact) mass is 172 g/mol. The summed E-state index contributed by atoms with van der Waals surface area (Å²) < 4.78 is 0. The number of nitrogens with one attached hydrogen (secondary N) is 1. The minimum atomic E-state index is 0.257. The van der Waals surface area contributed by atoms with Crippen molar-refractivity contribution in [3.63, 3.8) is 0 Å². The van der Waals surface area contributed by atoms with E-state index in [4.69, 9.17) is 0 Å². The van der Waals surface area contributed by atoms with E-state index in [1.807, 2.05) is 14.1 Å². The molecular weight excluding hydrogens is 152 g/mol. The minimum Gasteiger partial charge on any atom is -0.346 e. The summed E-state index contributed by atoms with van der Waals surface area (Å²) in [5, 5.41) is 3.02. The molecule has 0 aliphatic heterocycles. The lowest BCUT2D eigenvalue weighted by molar-refractivity contribution is -0.130. The lowest BCUT2D eigenvalue weighted by Crippen LogP contribution is -2.27. The molecule has 0 atom stereocenters. The second-order valence-corrected chi connectivity index (χ2v) is 3.02. The van der Waals surface area contributed by atoms with Gasteiger partial charge < -0.3 is 10.2 Å². The van der Waals surface area contributed by atoms with Crippen LogP contribution in [0.4, 0.5) is 0 Å². The molecule has 0 spiro atoms. The molecule has 3 nitrogen and oxygen atoms in total. The molecule has 1 amide bonds. The van der Waals surface area contributed by atoms with Gasteiger partial charge in [-0.15, -0.1) is 0 Å². The molecule has 0 saturated carbocycles. The average Bonchev–Trinajstić information content (AvgIpc) is 2.05. The normalized spacial score (nSPS) is 9.92. The first-order chi connectivity index (χ1) is 5.72. The molecule has 0 fully saturated rings. The summed E-state index contributed by atoms with van der Waals surface area (Å²) in [5.74, 6) is 0.257. The molecule has 1 N–H and O–H groups in total. The largest absolute Gasteiger partial charge is 0.346 e. The molecule has 3 heteroatoms. The molecular formula is C9H20N2O. The van der Waals surface area contributed by atoms with E-state index in [0.29, 0.717) is 6.42 Å². The highest BCUT2D eigenvalue weighted by atomic mass is 16.2. The maximum absolute atomic E-state index is 11.3. The van der Waals surface area contributed by atoms with Crippen molar-refractivity contribution in [3.05, 3.63) is 0 Å². The van der Waals surface area contributed by atoms with Gasteiger partial charge in [0.2, 0.25) is 5.91 Å². The summed E-state index contributed by atoms with van der Waals surface area (Å²) in [4.78, 5) is 13.1. The molecule has 0 aromatic heterocycles. The predicted octanol–water partition coefficient (Wildman–Crippen LogP) is 0.854. The van der Waals surface area contributed by atoms with E-state index in [-0.39, 0.29) is 5.91 Å². The third kappa shape index (κ3) is 5.13. The molecule has 0 aromatic rings. The molecule has 0 rings (SSSR count). The fraction of sp³-hybridized carbons (Fsp3) is 0.889. The van der Waals surface area contributed by atoms with Crippen LogP contribution in [0.2, 0.25) is 0 Å².